The van der Waals surface area contributed by atoms with Crippen molar-refractivity contribution in [3.05, 3.63) is 0 Å². The zero-order chi connectivity index (χ0) is 16.7. The fourth-order valence-electron chi connectivity index (χ4n) is 9.47. The van der Waals surface area contributed by atoms with Crippen LogP contribution in [0.1, 0.15) is 80.6 Å². The van der Waals surface area contributed by atoms with Crippen molar-refractivity contribution >= 4 is 0 Å². The van der Waals surface area contributed by atoms with E-state index in [-0.39, 0.29) is 0 Å². The van der Waals surface area contributed by atoms with Gasteiger partial charge in [0.2, 0.25) is 0 Å². The summed E-state index contributed by atoms with van der Waals surface area (Å²) in [6.45, 7) is 18.4. The summed E-state index contributed by atoms with van der Waals surface area (Å²) in [5.41, 5.74) is 1.22. The lowest BCUT2D eigenvalue weighted by Crippen LogP contribution is -2.52. The summed E-state index contributed by atoms with van der Waals surface area (Å²) in [6.07, 6.45) is 7.54. The molecular formula is C23H40. The first kappa shape index (κ1) is 16.5. The lowest BCUT2D eigenvalue weighted by molar-refractivity contribution is -0.101. The van der Waals surface area contributed by atoms with Crippen LogP contribution in [-0.4, -0.2) is 0 Å². The van der Waals surface area contributed by atoms with Crippen LogP contribution in [0.4, 0.5) is 0 Å². The molecule has 0 aromatic rings. The maximum absolute atomic E-state index is 2.77. The molecule has 23 heavy (non-hydrogen) atoms. The third kappa shape index (κ3) is 1.80. The summed E-state index contributed by atoms with van der Waals surface area (Å²) in [7, 11) is 0. The van der Waals surface area contributed by atoms with Crippen molar-refractivity contribution in [2.75, 3.05) is 0 Å². The van der Waals surface area contributed by atoms with Crippen molar-refractivity contribution < 1.29 is 0 Å². The smallest absolute Gasteiger partial charge is 0.0158 e. The molecule has 0 heterocycles. The molecule has 4 aliphatic rings. The molecule has 4 rings (SSSR count). The highest BCUT2D eigenvalue weighted by molar-refractivity contribution is 5.19. The summed E-state index contributed by atoms with van der Waals surface area (Å²) >= 11 is 0. The molecule has 0 N–H and O–H groups in total. The van der Waals surface area contributed by atoms with Gasteiger partial charge in [-0.15, -0.1) is 0 Å². The summed E-state index contributed by atoms with van der Waals surface area (Å²) in [5, 5.41) is 0. The fourth-order valence-corrected chi connectivity index (χ4v) is 9.47. The van der Waals surface area contributed by atoms with Crippen molar-refractivity contribution in [2.45, 2.75) is 80.6 Å². The number of hydrogen-bond acceptors (Lipinski definition) is 0. The van der Waals surface area contributed by atoms with Crippen molar-refractivity contribution in [3.8, 4) is 0 Å². The third-order valence-electron chi connectivity index (χ3n) is 10.5. The van der Waals surface area contributed by atoms with Gasteiger partial charge < -0.3 is 0 Å². The average Bonchev–Trinajstić information content (AvgIpc) is 3.18. The van der Waals surface area contributed by atoms with Crippen LogP contribution >= 0.6 is 0 Å². The lowest BCUT2D eigenvalue weighted by Gasteiger charge is -2.57. The second-order valence-electron chi connectivity index (χ2n) is 10.8. The molecule has 4 aliphatic carbocycles. The minimum Gasteiger partial charge on any atom is -0.0651 e. The first-order valence-electron chi connectivity index (χ1n) is 10.8. The molecule has 11 atom stereocenters. The van der Waals surface area contributed by atoms with Crippen LogP contribution in [0.25, 0.3) is 0 Å². The number of fused-ring (bicyclic) bond motifs is 3. The highest BCUT2D eigenvalue weighted by atomic mass is 14.8. The predicted octanol–water partition coefficient (Wildman–Crippen LogP) is 6.65. The zero-order valence-corrected chi connectivity index (χ0v) is 16.7. The van der Waals surface area contributed by atoms with Crippen LogP contribution in [0, 0.1) is 64.1 Å². The van der Waals surface area contributed by atoms with E-state index >= 15 is 0 Å². The average molecular weight is 317 g/mol. The van der Waals surface area contributed by atoms with E-state index in [1.54, 1.807) is 12.8 Å². The van der Waals surface area contributed by atoms with E-state index in [0.717, 1.165) is 53.3 Å². The van der Waals surface area contributed by atoms with Gasteiger partial charge in [-0.2, -0.15) is 0 Å². The largest absolute Gasteiger partial charge is 0.0651 e. The first-order valence-corrected chi connectivity index (χ1v) is 10.8. The normalized spacial score (nSPS) is 64.6. The van der Waals surface area contributed by atoms with E-state index in [4.69, 9.17) is 0 Å². The first-order chi connectivity index (χ1) is 10.8. The Hall–Kier alpha value is 0. The highest BCUT2D eigenvalue weighted by Gasteiger charge is 2.71. The second kappa shape index (κ2) is 5.01. The summed E-state index contributed by atoms with van der Waals surface area (Å²) in [6, 6.07) is 0. The Morgan fingerprint density at radius 1 is 0.913 bits per heavy atom. The predicted molar refractivity (Wildman–Crippen MR) is 99.1 cm³/mol. The van der Waals surface area contributed by atoms with E-state index in [2.05, 4.69) is 48.5 Å². The van der Waals surface area contributed by atoms with Crippen LogP contribution < -0.4 is 0 Å². The van der Waals surface area contributed by atoms with Gasteiger partial charge in [0.1, 0.15) is 0 Å². The van der Waals surface area contributed by atoms with Crippen LogP contribution in [-0.2, 0) is 0 Å². The molecule has 11 unspecified atom stereocenters. The molecule has 0 bridgehead atoms. The molecule has 0 saturated heterocycles. The van der Waals surface area contributed by atoms with Crippen molar-refractivity contribution in [1.29, 1.82) is 0 Å². The maximum atomic E-state index is 2.77. The van der Waals surface area contributed by atoms with E-state index in [9.17, 15) is 0 Å². The van der Waals surface area contributed by atoms with Gasteiger partial charge in [0.25, 0.3) is 0 Å². The molecule has 0 aromatic heterocycles. The summed E-state index contributed by atoms with van der Waals surface area (Å²) < 4.78 is 0. The monoisotopic (exact) mass is 316 g/mol. The van der Waals surface area contributed by atoms with E-state index in [0.29, 0.717) is 10.8 Å². The van der Waals surface area contributed by atoms with Gasteiger partial charge in [-0.1, -0.05) is 54.9 Å². The fraction of sp³-hybridized carbons (Fsp3) is 1.00. The van der Waals surface area contributed by atoms with Crippen molar-refractivity contribution in [2.24, 2.45) is 64.1 Å². The van der Waals surface area contributed by atoms with Crippen LogP contribution in [0.15, 0.2) is 0 Å². The Morgan fingerprint density at radius 2 is 1.61 bits per heavy atom. The summed E-state index contributed by atoms with van der Waals surface area (Å²) in [4.78, 5) is 0. The van der Waals surface area contributed by atoms with Gasteiger partial charge in [-0.25, -0.2) is 0 Å². The molecule has 0 aromatic carbocycles. The SMILES string of the molecule is CCC1CC(C)C2(C1C)C(C)C1CC1CC1C(C)C(C)CC12C. The number of hydrogen-bond donors (Lipinski definition) is 0. The Kier molecular flexibility index (Phi) is 3.59. The quantitative estimate of drug-likeness (QED) is 0.508. The molecule has 1 spiro atoms. The van der Waals surface area contributed by atoms with Gasteiger partial charge in [-0.3, -0.25) is 0 Å². The van der Waals surface area contributed by atoms with E-state index in [1.165, 1.54) is 19.3 Å². The number of rotatable bonds is 1. The summed E-state index contributed by atoms with van der Waals surface area (Å²) in [5.74, 6) is 8.84. The topological polar surface area (TPSA) is 0 Å². The van der Waals surface area contributed by atoms with Gasteiger partial charge in [0.05, 0.1) is 0 Å². The van der Waals surface area contributed by atoms with Gasteiger partial charge in [0, 0.05) is 0 Å². The van der Waals surface area contributed by atoms with Crippen LogP contribution in [0.2, 0.25) is 0 Å². The van der Waals surface area contributed by atoms with Gasteiger partial charge >= 0.3 is 0 Å². The molecule has 0 amide bonds. The molecule has 4 fully saturated rings. The molecule has 4 saturated carbocycles. The maximum Gasteiger partial charge on any atom is -0.0158 e. The van der Waals surface area contributed by atoms with Crippen LogP contribution in [0.3, 0.4) is 0 Å². The van der Waals surface area contributed by atoms with Crippen molar-refractivity contribution in [1.82, 2.24) is 0 Å². The van der Waals surface area contributed by atoms with Gasteiger partial charge in [-0.05, 0) is 89.8 Å². The molecule has 0 nitrogen and oxygen atoms in total. The standard InChI is InChI=1S/C23H40/c1-8-18-9-14(3)23(16(18)5)17(6)20-10-19(20)11-21-15(4)13(2)12-22(21,23)7/h13-21H,8-12H2,1-7H3. The minimum atomic E-state index is 0.599. The molecule has 132 valence electrons. The highest BCUT2D eigenvalue weighted by Crippen LogP contribution is 2.77. The Labute approximate surface area is 145 Å². The Morgan fingerprint density at radius 3 is 2.22 bits per heavy atom. The minimum absolute atomic E-state index is 0.599. The van der Waals surface area contributed by atoms with Gasteiger partial charge in [0.15, 0.2) is 0 Å². The Balaban J connectivity index is 1.87. The molecule has 0 heteroatoms. The van der Waals surface area contributed by atoms with Crippen molar-refractivity contribution in [3.63, 3.8) is 0 Å². The second-order valence-corrected chi connectivity index (χ2v) is 10.8. The molecule has 0 radical (unpaired) electrons. The van der Waals surface area contributed by atoms with E-state index < -0.39 is 0 Å². The zero-order valence-electron chi connectivity index (χ0n) is 16.7. The molecule has 0 aliphatic heterocycles. The van der Waals surface area contributed by atoms with E-state index in [1.807, 2.05) is 0 Å². The molecular weight excluding hydrogens is 276 g/mol. The third-order valence-corrected chi connectivity index (χ3v) is 10.5. The lowest BCUT2D eigenvalue weighted by atomic mass is 9.47. The van der Waals surface area contributed by atoms with Crippen LogP contribution in [0.5, 0.6) is 0 Å². The Bertz CT molecular complexity index is 480.